The van der Waals surface area contributed by atoms with E-state index in [1.807, 2.05) is 0 Å². The van der Waals surface area contributed by atoms with Gasteiger partial charge in [-0.05, 0) is 29.5 Å². The summed E-state index contributed by atoms with van der Waals surface area (Å²) < 4.78 is 44.5. The highest BCUT2D eigenvalue weighted by atomic mass is 19.4. The first-order chi connectivity index (χ1) is 10.4. The van der Waals surface area contributed by atoms with Gasteiger partial charge in [-0.1, -0.05) is 0 Å². The van der Waals surface area contributed by atoms with Gasteiger partial charge in [0.25, 0.3) is 5.91 Å². The van der Waals surface area contributed by atoms with Crippen molar-refractivity contribution < 1.29 is 22.7 Å². The highest BCUT2D eigenvalue weighted by Crippen LogP contribution is 2.28. The zero-order chi connectivity index (χ0) is 15.9. The fraction of sp³-hybridized carbons (Fsp3) is 0.500. The number of tetrazole rings is 1. The van der Waals surface area contributed by atoms with Crippen LogP contribution in [0.25, 0.3) is 5.65 Å². The molecule has 2 aromatic heterocycles. The molecule has 1 aliphatic heterocycles. The standard InChI is InChI=1S/C12H12F3N5O2/c1-7-6-22-9(12(13,14)15)5-19(7)11(21)8-2-3-20-10(4-8)16-17-18-20/h2-4,7,9H,5-6H2,1H3. The van der Waals surface area contributed by atoms with E-state index in [0.717, 1.165) is 4.90 Å². The highest BCUT2D eigenvalue weighted by Gasteiger charge is 2.46. The number of halogens is 3. The zero-order valence-electron chi connectivity index (χ0n) is 11.5. The van der Waals surface area contributed by atoms with Crippen molar-refractivity contribution in [1.82, 2.24) is 24.9 Å². The van der Waals surface area contributed by atoms with E-state index in [1.165, 1.54) is 22.8 Å². The minimum Gasteiger partial charge on any atom is -0.365 e. The Morgan fingerprint density at radius 1 is 1.45 bits per heavy atom. The molecule has 2 unspecified atom stereocenters. The van der Waals surface area contributed by atoms with Crippen LogP contribution in [-0.4, -0.2) is 62.3 Å². The first kappa shape index (κ1) is 14.7. The molecule has 1 saturated heterocycles. The van der Waals surface area contributed by atoms with Gasteiger partial charge in [0.15, 0.2) is 11.8 Å². The summed E-state index contributed by atoms with van der Waals surface area (Å²) in [6.45, 7) is 0.950. The highest BCUT2D eigenvalue weighted by molar-refractivity contribution is 5.95. The lowest BCUT2D eigenvalue weighted by Gasteiger charge is -2.38. The fourth-order valence-electron chi connectivity index (χ4n) is 2.28. The number of carbonyl (C=O) groups excluding carboxylic acids is 1. The Morgan fingerprint density at radius 2 is 2.23 bits per heavy atom. The average Bonchev–Trinajstić information content (AvgIpc) is 2.93. The number of carbonyl (C=O) groups is 1. The molecule has 22 heavy (non-hydrogen) atoms. The molecule has 0 N–H and O–H groups in total. The van der Waals surface area contributed by atoms with Crippen LogP contribution in [0.1, 0.15) is 17.3 Å². The number of aromatic nitrogens is 4. The number of fused-ring (bicyclic) bond motifs is 1. The first-order valence-corrected chi connectivity index (χ1v) is 6.53. The van der Waals surface area contributed by atoms with E-state index in [1.54, 1.807) is 6.92 Å². The molecule has 2 aromatic rings. The lowest BCUT2D eigenvalue weighted by Crippen LogP contribution is -2.55. The predicted octanol–water partition coefficient (Wildman–Crippen LogP) is 0.916. The van der Waals surface area contributed by atoms with Gasteiger partial charge in [-0.2, -0.15) is 13.2 Å². The summed E-state index contributed by atoms with van der Waals surface area (Å²) in [6, 6.07) is 2.46. The van der Waals surface area contributed by atoms with E-state index in [9.17, 15) is 18.0 Å². The van der Waals surface area contributed by atoms with Crippen LogP contribution in [0.3, 0.4) is 0 Å². The summed E-state index contributed by atoms with van der Waals surface area (Å²) >= 11 is 0. The summed E-state index contributed by atoms with van der Waals surface area (Å²) in [5.41, 5.74) is 0.580. The minimum absolute atomic E-state index is 0.162. The number of morpholine rings is 1. The molecule has 0 bridgehead atoms. The Balaban J connectivity index is 1.85. The van der Waals surface area contributed by atoms with E-state index in [4.69, 9.17) is 4.74 Å². The van der Waals surface area contributed by atoms with Crippen molar-refractivity contribution in [2.75, 3.05) is 13.2 Å². The topological polar surface area (TPSA) is 72.6 Å². The van der Waals surface area contributed by atoms with Crippen molar-refractivity contribution in [2.45, 2.75) is 25.2 Å². The van der Waals surface area contributed by atoms with Gasteiger partial charge in [-0.3, -0.25) is 4.79 Å². The molecule has 0 saturated carbocycles. The number of amides is 1. The fourth-order valence-corrected chi connectivity index (χ4v) is 2.28. The Morgan fingerprint density at radius 3 is 2.95 bits per heavy atom. The molecule has 118 valence electrons. The second-order valence-corrected chi connectivity index (χ2v) is 5.07. The molecule has 3 heterocycles. The number of alkyl halides is 3. The second-order valence-electron chi connectivity index (χ2n) is 5.07. The number of pyridine rings is 1. The van der Waals surface area contributed by atoms with E-state index in [2.05, 4.69) is 15.5 Å². The lowest BCUT2D eigenvalue weighted by molar-refractivity contribution is -0.239. The minimum atomic E-state index is -4.50. The molecule has 0 aliphatic carbocycles. The van der Waals surface area contributed by atoms with Crippen LogP contribution in [0.15, 0.2) is 18.3 Å². The summed E-state index contributed by atoms with van der Waals surface area (Å²) in [4.78, 5) is 13.6. The molecule has 2 atom stereocenters. The smallest absolute Gasteiger partial charge is 0.365 e. The summed E-state index contributed by atoms with van der Waals surface area (Å²) in [6.07, 6.45) is -4.99. The molecule has 1 fully saturated rings. The van der Waals surface area contributed by atoms with Crippen LogP contribution in [0.2, 0.25) is 0 Å². The second kappa shape index (κ2) is 5.20. The predicted molar refractivity (Wildman–Crippen MR) is 67.1 cm³/mol. The Kier molecular flexibility index (Phi) is 3.47. The van der Waals surface area contributed by atoms with Gasteiger partial charge in [0.05, 0.1) is 19.2 Å². The van der Waals surface area contributed by atoms with E-state index in [0.29, 0.717) is 5.65 Å². The Labute approximate surface area is 122 Å². The lowest BCUT2D eigenvalue weighted by atomic mass is 10.1. The van der Waals surface area contributed by atoms with Crippen LogP contribution in [-0.2, 0) is 4.74 Å². The van der Waals surface area contributed by atoms with Gasteiger partial charge < -0.3 is 9.64 Å². The number of rotatable bonds is 1. The summed E-state index contributed by atoms with van der Waals surface area (Å²) in [5.74, 6) is -0.504. The van der Waals surface area contributed by atoms with Gasteiger partial charge in [0, 0.05) is 11.8 Å². The van der Waals surface area contributed by atoms with Gasteiger partial charge in [0.2, 0.25) is 0 Å². The molecule has 7 nitrogen and oxygen atoms in total. The normalized spacial score (nSPS) is 23.0. The van der Waals surface area contributed by atoms with Crippen molar-refractivity contribution in [3.8, 4) is 0 Å². The molecule has 0 spiro atoms. The number of hydrogen-bond acceptors (Lipinski definition) is 5. The van der Waals surface area contributed by atoms with Crippen LogP contribution in [0.5, 0.6) is 0 Å². The van der Waals surface area contributed by atoms with Crippen LogP contribution >= 0.6 is 0 Å². The Hall–Kier alpha value is -2.23. The van der Waals surface area contributed by atoms with Gasteiger partial charge in [-0.15, -0.1) is 5.10 Å². The van der Waals surface area contributed by atoms with Crippen molar-refractivity contribution in [3.63, 3.8) is 0 Å². The molecule has 0 aromatic carbocycles. The molecular formula is C12H12F3N5O2. The van der Waals surface area contributed by atoms with E-state index >= 15 is 0 Å². The number of ether oxygens (including phenoxy) is 1. The van der Waals surface area contributed by atoms with Crippen molar-refractivity contribution in [3.05, 3.63) is 23.9 Å². The number of nitrogens with zero attached hydrogens (tertiary/aromatic N) is 5. The van der Waals surface area contributed by atoms with Crippen molar-refractivity contribution >= 4 is 11.6 Å². The van der Waals surface area contributed by atoms with E-state index in [-0.39, 0.29) is 12.2 Å². The SMILES string of the molecule is CC1COC(C(F)(F)F)CN1C(=O)c1ccn2nnnc2c1. The van der Waals surface area contributed by atoms with Gasteiger partial charge in [0.1, 0.15) is 0 Å². The van der Waals surface area contributed by atoms with Gasteiger partial charge >= 0.3 is 6.18 Å². The third kappa shape index (κ3) is 2.61. The maximum absolute atomic E-state index is 12.8. The number of hydrogen-bond donors (Lipinski definition) is 0. The Bertz CT molecular complexity index is 701. The van der Waals surface area contributed by atoms with E-state index < -0.39 is 30.8 Å². The largest absolute Gasteiger partial charge is 0.416 e. The van der Waals surface area contributed by atoms with Crippen LogP contribution in [0, 0.1) is 0 Å². The third-order valence-corrected chi connectivity index (χ3v) is 3.50. The monoisotopic (exact) mass is 315 g/mol. The van der Waals surface area contributed by atoms with Crippen molar-refractivity contribution in [1.29, 1.82) is 0 Å². The molecule has 3 rings (SSSR count). The van der Waals surface area contributed by atoms with Gasteiger partial charge in [-0.25, -0.2) is 4.52 Å². The van der Waals surface area contributed by atoms with Crippen LogP contribution in [0.4, 0.5) is 13.2 Å². The third-order valence-electron chi connectivity index (χ3n) is 3.50. The quantitative estimate of drug-likeness (QED) is 0.782. The molecule has 1 aliphatic rings. The van der Waals surface area contributed by atoms with Crippen molar-refractivity contribution in [2.24, 2.45) is 0 Å². The molecular weight excluding hydrogens is 303 g/mol. The maximum atomic E-state index is 12.8. The average molecular weight is 315 g/mol. The molecule has 1 amide bonds. The van der Waals surface area contributed by atoms with Crippen LogP contribution < -0.4 is 0 Å². The molecule has 10 heteroatoms. The molecule has 0 radical (unpaired) electrons. The maximum Gasteiger partial charge on any atom is 0.416 e. The summed E-state index contributed by atoms with van der Waals surface area (Å²) in [7, 11) is 0. The zero-order valence-corrected chi connectivity index (χ0v) is 11.5. The summed E-state index contributed by atoms with van der Waals surface area (Å²) in [5, 5.41) is 10.8. The first-order valence-electron chi connectivity index (χ1n) is 6.53.